The van der Waals surface area contributed by atoms with Crippen molar-refractivity contribution in [1.29, 1.82) is 0 Å². The Bertz CT molecular complexity index is 410. The first kappa shape index (κ1) is 15.2. The first-order valence-electron chi connectivity index (χ1n) is 7.40. The standard InChI is InChI=1S/C15H27N5/c1-13(16)14-5-4-6-17-15(14)20-11-9-19(10-12-20)8-7-18(2)3/h4-6,13H,7-12,16H2,1-3H3/t13-/m1/s1. The van der Waals surface area contributed by atoms with Crippen molar-refractivity contribution in [3.8, 4) is 0 Å². The maximum atomic E-state index is 6.05. The minimum Gasteiger partial charge on any atom is -0.354 e. The van der Waals surface area contributed by atoms with Crippen molar-refractivity contribution in [2.75, 3.05) is 58.3 Å². The molecule has 1 aromatic heterocycles. The number of rotatable bonds is 5. The molecular formula is C15H27N5. The van der Waals surface area contributed by atoms with Crippen LogP contribution in [0.15, 0.2) is 18.3 Å². The number of aromatic nitrogens is 1. The fourth-order valence-electron chi connectivity index (χ4n) is 2.55. The Kier molecular flexibility index (Phi) is 5.34. The Morgan fingerprint density at radius 2 is 2.00 bits per heavy atom. The van der Waals surface area contributed by atoms with Crippen LogP contribution >= 0.6 is 0 Å². The Labute approximate surface area is 122 Å². The van der Waals surface area contributed by atoms with Gasteiger partial charge in [-0.25, -0.2) is 4.98 Å². The van der Waals surface area contributed by atoms with Gasteiger partial charge in [-0.3, -0.25) is 4.90 Å². The van der Waals surface area contributed by atoms with Crippen LogP contribution in [0.3, 0.4) is 0 Å². The molecule has 0 saturated carbocycles. The molecule has 0 bridgehead atoms. The van der Waals surface area contributed by atoms with Gasteiger partial charge in [0.1, 0.15) is 5.82 Å². The number of likely N-dealkylation sites (N-methyl/N-ethyl adjacent to an activating group) is 1. The molecule has 0 aromatic carbocycles. The number of anilines is 1. The Morgan fingerprint density at radius 1 is 1.30 bits per heavy atom. The van der Waals surface area contributed by atoms with Gasteiger partial charge in [0.25, 0.3) is 0 Å². The van der Waals surface area contributed by atoms with Crippen molar-refractivity contribution in [2.45, 2.75) is 13.0 Å². The topological polar surface area (TPSA) is 48.6 Å². The molecule has 1 aromatic rings. The van der Waals surface area contributed by atoms with Crippen molar-refractivity contribution in [2.24, 2.45) is 5.73 Å². The van der Waals surface area contributed by atoms with E-state index in [1.54, 1.807) is 0 Å². The quantitative estimate of drug-likeness (QED) is 0.862. The molecule has 0 radical (unpaired) electrons. The van der Waals surface area contributed by atoms with Gasteiger partial charge in [0.15, 0.2) is 0 Å². The number of pyridine rings is 1. The molecule has 1 aliphatic heterocycles. The second-order valence-electron chi connectivity index (χ2n) is 5.84. The summed E-state index contributed by atoms with van der Waals surface area (Å²) < 4.78 is 0. The lowest BCUT2D eigenvalue weighted by Crippen LogP contribution is -2.48. The van der Waals surface area contributed by atoms with Crippen LogP contribution in [0.2, 0.25) is 0 Å². The highest BCUT2D eigenvalue weighted by Crippen LogP contribution is 2.23. The zero-order chi connectivity index (χ0) is 14.5. The predicted octanol–water partition coefficient (Wildman–Crippen LogP) is 0.785. The molecule has 0 unspecified atom stereocenters. The van der Waals surface area contributed by atoms with E-state index in [2.05, 4.69) is 39.8 Å². The van der Waals surface area contributed by atoms with Gasteiger partial charge in [0, 0.05) is 57.1 Å². The van der Waals surface area contributed by atoms with Crippen LogP contribution in [0.5, 0.6) is 0 Å². The molecule has 1 saturated heterocycles. The van der Waals surface area contributed by atoms with Crippen LogP contribution in [-0.4, -0.2) is 68.1 Å². The molecule has 0 amide bonds. The first-order chi connectivity index (χ1) is 9.58. The predicted molar refractivity (Wildman–Crippen MR) is 84.0 cm³/mol. The summed E-state index contributed by atoms with van der Waals surface area (Å²) in [4.78, 5) is 11.7. The maximum absolute atomic E-state index is 6.05. The molecule has 1 fully saturated rings. The second-order valence-corrected chi connectivity index (χ2v) is 5.84. The van der Waals surface area contributed by atoms with Crippen LogP contribution in [0.25, 0.3) is 0 Å². The zero-order valence-electron chi connectivity index (χ0n) is 12.9. The van der Waals surface area contributed by atoms with E-state index in [9.17, 15) is 0 Å². The van der Waals surface area contributed by atoms with Gasteiger partial charge in [-0.05, 0) is 27.1 Å². The van der Waals surface area contributed by atoms with Crippen molar-refractivity contribution in [3.05, 3.63) is 23.9 Å². The highest BCUT2D eigenvalue weighted by molar-refractivity contribution is 5.48. The Balaban J connectivity index is 1.94. The number of piperazine rings is 1. The van der Waals surface area contributed by atoms with E-state index >= 15 is 0 Å². The summed E-state index contributed by atoms with van der Waals surface area (Å²) in [7, 11) is 4.25. The van der Waals surface area contributed by atoms with Crippen LogP contribution < -0.4 is 10.6 Å². The first-order valence-corrected chi connectivity index (χ1v) is 7.40. The molecule has 0 aliphatic carbocycles. The maximum Gasteiger partial charge on any atom is 0.133 e. The summed E-state index contributed by atoms with van der Waals surface area (Å²) in [6, 6.07) is 4.09. The van der Waals surface area contributed by atoms with Gasteiger partial charge in [-0.15, -0.1) is 0 Å². The van der Waals surface area contributed by atoms with Gasteiger partial charge in [0.2, 0.25) is 0 Å². The van der Waals surface area contributed by atoms with Crippen LogP contribution in [0.1, 0.15) is 18.5 Å². The van der Waals surface area contributed by atoms with E-state index in [1.807, 2.05) is 19.2 Å². The van der Waals surface area contributed by atoms with Crippen LogP contribution in [0.4, 0.5) is 5.82 Å². The van der Waals surface area contributed by atoms with E-state index in [-0.39, 0.29) is 6.04 Å². The molecule has 5 nitrogen and oxygen atoms in total. The fourth-order valence-corrected chi connectivity index (χ4v) is 2.55. The van der Waals surface area contributed by atoms with E-state index in [0.29, 0.717) is 0 Å². The van der Waals surface area contributed by atoms with Crippen molar-refractivity contribution >= 4 is 5.82 Å². The third-order valence-corrected chi connectivity index (χ3v) is 3.84. The van der Waals surface area contributed by atoms with E-state index < -0.39 is 0 Å². The highest BCUT2D eigenvalue weighted by Gasteiger charge is 2.20. The molecule has 112 valence electrons. The summed E-state index contributed by atoms with van der Waals surface area (Å²) in [6.07, 6.45) is 1.86. The third-order valence-electron chi connectivity index (χ3n) is 3.84. The zero-order valence-corrected chi connectivity index (χ0v) is 12.9. The molecular weight excluding hydrogens is 250 g/mol. The molecule has 5 heteroatoms. The summed E-state index contributed by atoms with van der Waals surface area (Å²) in [5.74, 6) is 1.06. The Hall–Kier alpha value is -1.17. The number of nitrogens with two attached hydrogens (primary N) is 1. The number of hydrogen-bond donors (Lipinski definition) is 1. The van der Waals surface area contributed by atoms with Gasteiger partial charge in [-0.2, -0.15) is 0 Å². The van der Waals surface area contributed by atoms with Crippen LogP contribution in [-0.2, 0) is 0 Å². The summed E-state index contributed by atoms with van der Waals surface area (Å²) in [5.41, 5.74) is 7.19. The lowest BCUT2D eigenvalue weighted by Gasteiger charge is -2.36. The van der Waals surface area contributed by atoms with Gasteiger partial charge in [0.05, 0.1) is 0 Å². The van der Waals surface area contributed by atoms with E-state index in [4.69, 9.17) is 5.73 Å². The van der Waals surface area contributed by atoms with Crippen LogP contribution in [0, 0.1) is 0 Å². The molecule has 0 spiro atoms. The molecule has 1 aliphatic rings. The molecule has 2 N–H and O–H groups in total. The molecule has 2 rings (SSSR count). The van der Waals surface area contributed by atoms with E-state index in [1.165, 1.54) is 0 Å². The van der Waals surface area contributed by atoms with Gasteiger partial charge in [-0.1, -0.05) is 6.07 Å². The summed E-state index contributed by atoms with van der Waals surface area (Å²) >= 11 is 0. The minimum absolute atomic E-state index is 0.0328. The Morgan fingerprint density at radius 3 is 2.60 bits per heavy atom. The lowest BCUT2D eigenvalue weighted by molar-refractivity contribution is 0.229. The number of nitrogens with zero attached hydrogens (tertiary/aromatic N) is 4. The average Bonchev–Trinajstić information content (AvgIpc) is 2.45. The monoisotopic (exact) mass is 277 g/mol. The molecule has 20 heavy (non-hydrogen) atoms. The number of hydrogen-bond acceptors (Lipinski definition) is 5. The third kappa shape index (κ3) is 3.91. The largest absolute Gasteiger partial charge is 0.354 e. The van der Waals surface area contributed by atoms with Crippen molar-refractivity contribution in [3.63, 3.8) is 0 Å². The second kappa shape index (κ2) is 7.02. The smallest absolute Gasteiger partial charge is 0.133 e. The van der Waals surface area contributed by atoms with E-state index in [0.717, 1.165) is 50.6 Å². The SMILES string of the molecule is C[C@@H](N)c1cccnc1N1CCN(CCN(C)C)CC1. The van der Waals surface area contributed by atoms with Crippen molar-refractivity contribution in [1.82, 2.24) is 14.8 Å². The van der Waals surface area contributed by atoms with Gasteiger partial charge >= 0.3 is 0 Å². The van der Waals surface area contributed by atoms with Crippen molar-refractivity contribution < 1.29 is 0 Å². The highest BCUT2D eigenvalue weighted by atomic mass is 15.3. The fraction of sp³-hybridized carbons (Fsp3) is 0.667. The normalized spacial score (nSPS) is 18.6. The summed E-state index contributed by atoms with van der Waals surface area (Å²) in [6.45, 7) is 8.55. The lowest BCUT2D eigenvalue weighted by atomic mass is 10.1. The summed E-state index contributed by atoms with van der Waals surface area (Å²) in [5, 5.41) is 0. The molecule has 2 heterocycles. The minimum atomic E-state index is 0.0328. The van der Waals surface area contributed by atoms with Gasteiger partial charge < -0.3 is 15.5 Å². The molecule has 1 atom stereocenters. The average molecular weight is 277 g/mol.